The number of aromatic nitrogens is 2. The summed E-state index contributed by atoms with van der Waals surface area (Å²) in [6.07, 6.45) is 5.72. The Morgan fingerprint density at radius 3 is 2.71 bits per heavy atom. The standard InChI is InChI=1S/C24H26N6O/c1-2-4-18-16-30(10-7-17(18)3-1)21-15-22(29-11-13-31-14-12-29)27-23-19(21)5-8-25-24(23)20-6-9-26-28-20/h1-5,8-9,15,20,28H,6-7,10-14,16H2. The zero-order valence-electron chi connectivity index (χ0n) is 17.5. The second-order valence-corrected chi connectivity index (χ2v) is 8.36. The number of rotatable bonds is 3. The monoisotopic (exact) mass is 414 g/mol. The van der Waals surface area contributed by atoms with Crippen LogP contribution in [0.2, 0.25) is 0 Å². The molecule has 158 valence electrons. The molecule has 3 aliphatic rings. The summed E-state index contributed by atoms with van der Waals surface area (Å²) < 4.78 is 5.58. The molecule has 3 aromatic rings. The maximum Gasteiger partial charge on any atom is 0.131 e. The number of anilines is 2. The van der Waals surface area contributed by atoms with Crippen LogP contribution >= 0.6 is 0 Å². The Kier molecular flexibility index (Phi) is 4.68. The molecule has 6 rings (SSSR count). The van der Waals surface area contributed by atoms with Crippen LogP contribution in [0.4, 0.5) is 11.5 Å². The Bertz CT molecular complexity index is 1130. The second kappa shape index (κ2) is 7.81. The number of morpholine rings is 1. The molecule has 31 heavy (non-hydrogen) atoms. The van der Waals surface area contributed by atoms with E-state index in [1.165, 1.54) is 16.8 Å². The van der Waals surface area contributed by atoms with Crippen LogP contribution in [0, 0.1) is 0 Å². The molecule has 3 aliphatic heterocycles. The highest BCUT2D eigenvalue weighted by molar-refractivity contribution is 5.95. The normalized spacial score (nSPS) is 20.7. The van der Waals surface area contributed by atoms with Crippen molar-refractivity contribution < 1.29 is 4.74 Å². The number of benzene rings is 1. The molecule has 7 nitrogen and oxygen atoms in total. The van der Waals surface area contributed by atoms with Crippen LogP contribution in [-0.4, -0.2) is 49.0 Å². The lowest BCUT2D eigenvalue weighted by molar-refractivity contribution is 0.122. The fourth-order valence-electron chi connectivity index (χ4n) is 4.84. The first-order valence-electron chi connectivity index (χ1n) is 11.1. The van der Waals surface area contributed by atoms with E-state index in [-0.39, 0.29) is 6.04 Å². The predicted molar refractivity (Wildman–Crippen MR) is 123 cm³/mol. The molecule has 1 unspecified atom stereocenters. The first kappa shape index (κ1) is 18.6. The minimum atomic E-state index is 0.0751. The maximum absolute atomic E-state index is 5.58. The van der Waals surface area contributed by atoms with E-state index < -0.39 is 0 Å². The SMILES string of the molecule is C1=NNC(c2nccc3c(N4CCc5ccccc5C4)cc(N4CCOCC4)nc23)C1. The van der Waals surface area contributed by atoms with E-state index in [0.29, 0.717) is 0 Å². The summed E-state index contributed by atoms with van der Waals surface area (Å²) in [6.45, 7) is 5.12. The average Bonchev–Trinajstić information content (AvgIpc) is 3.38. The summed E-state index contributed by atoms with van der Waals surface area (Å²) in [5.74, 6) is 1.01. The lowest BCUT2D eigenvalue weighted by Crippen LogP contribution is -2.37. The molecule has 0 aliphatic carbocycles. The Balaban J connectivity index is 1.48. The third-order valence-corrected chi connectivity index (χ3v) is 6.52. The maximum atomic E-state index is 5.58. The van der Waals surface area contributed by atoms with E-state index in [1.54, 1.807) is 0 Å². The highest BCUT2D eigenvalue weighted by atomic mass is 16.5. The van der Waals surface area contributed by atoms with Crippen LogP contribution in [0.15, 0.2) is 47.7 Å². The van der Waals surface area contributed by atoms with Gasteiger partial charge in [-0.1, -0.05) is 24.3 Å². The second-order valence-electron chi connectivity index (χ2n) is 8.36. The van der Waals surface area contributed by atoms with Crippen LogP contribution in [-0.2, 0) is 17.7 Å². The fraction of sp³-hybridized carbons (Fsp3) is 0.375. The molecule has 5 heterocycles. The van der Waals surface area contributed by atoms with Gasteiger partial charge in [-0.25, -0.2) is 4.98 Å². The van der Waals surface area contributed by atoms with E-state index in [0.717, 1.165) is 74.6 Å². The van der Waals surface area contributed by atoms with Crippen LogP contribution in [0.3, 0.4) is 0 Å². The van der Waals surface area contributed by atoms with Crippen LogP contribution in [0.25, 0.3) is 10.9 Å². The Morgan fingerprint density at radius 1 is 1.00 bits per heavy atom. The summed E-state index contributed by atoms with van der Waals surface area (Å²) in [7, 11) is 0. The van der Waals surface area contributed by atoms with Crippen molar-refractivity contribution in [2.24, 2.45) is 5.10 Å². The average molecular weight is 415 g/mol. The molecule has 2 aromatic heterocycles. The van der Waals surface area contributed by atoms with Gasteiger partial charge in [0.15, 0.2) is 0 Å². The molecule has 0 amide bonds. The van der Waals surface area contributed by atoms with E-state index in [9.17, 15) is 0 Å². The zero-order chi connectivity index (χ0) is 20.6. The van der Waals surface area contributed by atoms with Gasteiger partial charge in [-0.05, 0) is 23.6 Å². The van der Waals surface area contributed by atoms with Crippen molar-refractivity contribution in [1.29, 1.82) is 0 Å². The Labute approximate surface area is 181 Å². The number of hydrazone groups is 1. The van der Waals surface area contributed by atoms with Crippen molar-refractivity contribution in [2.75, 3.05) is 42.6 Å². The Hall–Kier alpha value is -3.19. The number of ether oxygens (including phenoxy) is 1. The van der Waals surface area contributed by atoms with Crippen molar-refractivity contribution in [3.05, 3.63) is 59.4 Å². The number of fused-ring (bicyclic) bond motifs is 2. The van der Waals surface area contributed by atoms with Crippen molar-refractivity contribution in [1.82, 2.24) is 15.4 Å². The largest absolute Gasteiger partial charge is 0.378 e. The molecular weight excluding hydrogens is 388 g/mol. The van der Waals surface area contributed by atoms with E-state index >= 15 is 0 Å². The van der Waals surface area contributed by atoms with Crippen LogP contribution in [0.5, 0.6) is 0 Å². The topological polar surface area (TPSA) is 65.9 Å². The minimum Gasteiger partial charge on any atom is -0.378 e. The first-order chi connectivity index (χ1) is 15.4. The summed E-state index contributed by atoms with van der Waals surface area (Å²) in [5.41, 5.74) is 9.25. The molecule has 0 radical (unpaired) electrons. The van der Waals surface area contributed by atoms with Gasteiger partial charge >= 0.3 is 0 Å². The summed E-state index contributed by atoms with van der Waals surface area (Å²) >= 11 is 0. The lowest BCUT2D eigenvalue weighted by atomic mass is 9.98. The molecule has 1 saturated heterocycles. The first-order valence-corrected chi connectivity index (χ1v) is 11.1. The number of nitrogens with one attached hydrogen (secondary N) is 1. The number of hydrogen-bond donors (Lipinski definition) is 1. The fourth-order valence-corrected chi connectivity index (χ4v) is 4.84. The number of pyridine rings is 2. The lowest BCUT2D eigenvalue weighted by Gasteiger charge is -2.34. The van der Waals surface area contributed by atoms with Gasteiger partial charge in [-0.15, -0.1) is 0 Å². The van der Waals surface area contributed by atoms with Gasteiger partial charge in [0.25, 0.3) is 0 Å². The molecule has 0 saturated carbocycles. The molecule has 1 fully saturated rings. The minimum absolute atomic E-state index is 0.0751. The smallest absolute Gasteiger partial charge is 0.131 e. The highest BCUT2D eigenvalue weighted by Gasteiger charge is 2.25. The van der Waals surface area contributed by atoms with Gasteiger partial charge in [-0.2, -0.15) is 5.10 Å². The molecule has 1 N–H and O–H groups in total. The van der Waals surface area contributed by atoms with Crippen molar-refractivity contribution in [3.63, 3.8) is 0 Å². The van der Waals surface area contributed by atoms with E-state index in [4.69, 9.17) is 14.7 Å². The third kappa shape index (κ3) is 3.39. The predicted octanol–water partition coefficient (Wildman–Crippen LogP) is 3.05. The highest BCUT2D eigenvalue weighted by Crippen LogP contribution is 2.36. The molecule has 0 bridgehead atoms. The third-order valence-electron chi connectivity index (χ3n) is 6.52. The molecular formula is C24H26N6O. The number of nitrogens with zero attached hydrogens (tertiary/aromatic N) is 5. The molecule has 7 heteroatoms. The van der Waals surface area contributed by atoms with Crippen molar-refractivity contribution in [3.8, 4) is 0 Å². The van der Waals surface area contributed by atoms with Crippen molar-refractivity contribution >= 4 is 28.6 Å². The van der Waals surface area contributed by atoms with Gasteiger partial charge in [0.1, 0.15) is 5.82 Å². The zero-order valence-corrected chi connectivity index (χ0v) is 17.5. The summed E-state index contributed by atoms with van der Waals surface area (Å²) in [6, 6.07) is 13.2. The van der Waals surface area contributed by atoms with Gasteiger partial charge in [-0.3, -0.25) is 4.98 Å². The molecule has 1 atom stereocenters. The van der Waals surface area contributed by atoms with Crippen LogP contribution in [0.1, 0.15) is 29.3 Å². The summed E-state index contributed by atoms with van der Waals surface area (Å²) in [4.78, 5) is 14.7. The van der Waals surface area contributed by atoms with Gasteiger partial charge < -0.3 is 20.0 Å². The number of hydrogen-bond acceptors (Lipinski definition) is 7. The van der Waals surface area contributed by atoms with Crippen molar-refractivity contribution in [2.45, 2.75) is 25.4 Å². The molecule has 1 aromatic carbocycles. The van der Waals surface area contributed by atoms with Gasteiger partial charge in [0.2, 0.25) is 0 Å². The Morgan fingerprint density at radius 2 is 1.87 bits per heavy atom. The molecule has 0 spiro atoms. The summed E-state index contributed by atoms with van der Waals surface area (Å²) in [5, 5.41) is 5.38. The quantitative estimate of drug-likeness (QED) is 0.711. The van der Waals surface area contributed by atoms with Gasteiger partial charge in [0, 0.05) is 56.5 Å². The van der Waals surface area contributed by atoms with E-state index in [1.807, 2.05) is 12.4 Å². The van der Waals surface area contributed by atoms with Gasteiger partial charge in [0.05, 0.1) is 36.2 Å². The van der Waals surface area contributed by atoms with Crippen LogP contribution < -0.4 is 15.2 Å². The van der Waals surface area contributed by atoms with E-state index in [2.05, 4.69) is 56.7 Å².